The molecule has 6 nitrogen and oxygen atoms in total. The molecule has 140 valence electrons. The van der Waals surface area contributed by atoms with E-state index < -0.39 is 17.7 Å². The second kappa shape index (κ2) is 7.90. The maximum atomic E-state index is 12.2. The molecule has 0 unspecified atom stereocenters. The van der Waals surface area contributed by atoms with Crippen molar-refractivity contribution < 1.29 is 23.8 Å². The van der Waals surface area contributed by atoms with Gasteiger partial charge < -0.3 is 19.0 Å². The summed E-state index contributed by atoms with van der Waals surface area (Å²) in [6.45, 7) is 1.36. The molecule has 1 heterocycles. The van der Waals surface area contributed by atoms with Crippen molar-refractivity contribution in [3.8, 4) is 11.5 Å². The maximum Gasteiger partial charge on any atom is 0.347 e. The van der Waals surface area contributed by atoms with E-state index in [1.807, 2.05) is 0 Å². The Hall–Kier alpha value is -2.70. The summed E-state index contributed by atoms with van der Waals surface area (Å²) in [6.07, 6.45) is -0.931. The van der Waals surface area contributed by atoms with Gasteiger partial charge in [-0.15, -0.1) is 0 Å². The van der Waals surface area contributed by atoms with Crippen molar-refractivity contribution in [3.63, 3.8) is 0 Å². The molecule has 0 aliphatic heterocycles. The molecule has 0 saturated carbocycles. The molecule has 0 spiro atoms. The molecule has 1 atom stereocenters. The Kier molecular flexibility index (Phi) is 5.58. The van der Waals surface area contributed by atoms with Crippen molar-refractivity contribution >= 4 is 40.1 Å². The Labute approximate surface area is 163 Å². The van der Waals surface area contributed by atoms with Crippen LogP contribution in [0.25, 0.3) is 11.0 Å². The molecule has 1 aromatic heterocycles. The van der Waals surface area contributed by atoms with Crippen molar-refractivity contribution in [3.05, 3.63) is 68.5 Å². The number of phenols is 1. The first kappa shape index (κ1) is 19.1. The lowest BCUT2D eigenvalue weighted by Gasteiger charge is -2.15. The first-order valence-electron chi connectivity index (χ1n) is 7.87. The molecule has 0 radical (unpaired) electrons. The van der Waals surface area contributed by atoms with Crippen LogP contribution in [0.1, 0.15) is 12.5 Å². The van der Waals surface area contributed by atoms with Gasteiger partial charge in [0.05, 0.1) is 5.02 Å². The van der Waals surface area contributed by atoms with Gasteiger partial charge in [0.2, 0.25) is 0 Å². The highest BCUT2D eigenvalue weighted by Gasteiger charge is 2.19. The van der Waals surface area contributed by atoms with Crippen molar-refractivity contribution in [2.24, 2.45) is 0 Å². The molecule has 3 rings (SSSR count). The van der Waals surface area contributed by atoms with E-state index in [1.165, 1.54) is 31.2 Å². The Balaban J connectivity index is 1.72. The molecular formula is C19H14Cl2O6. The van der Waals surface area contributed by atoms with E-state index in [2.05, 4.69) is 0 Å². The molecule has 0 aliphatic rings. The Morgan fingerprint density at radius 3 is 2.70 bits per heavy atom. The van der Waals surface area contributed by atoms with Gasteiger partial charge in [-0.1, -0.05) is 23.2 Å². The summed E-state index contributed by atoms with van der Waals surface area (Å²) in [6, 6.07) is 10.2. The van der Waals surface area contributed by atoms with Crippen molar-refractivity contribution in [2.45, 2.75) is 19.6 Å². The zero-order valence-corrected chi connectivity index (χ0v) is 15.6. The normalized spacial score (nSPS) is 12.0. The lowest BCUT2D eigenvalue weighted by molar-refractivity contribution is -0.152. The molecule has 0 amide bonds. The number of esters is 1. The molecular weight excluding hydrogens is 395 g/mol. The largest absolute Gasteiger partial charge is 0.508 e. The van der Waals surface area contributed by atoms with Gasteiger partial charge in [-0.2, -0.15) is 0 Å². The third-order valence-corrected chi connectivity index (χ3v) is 4.24. The van der Waals surface area contributed by atoms with Crippen LogP contribution in [0.3, 0.4) is 0 Å². The maximum absolute atomic E-state index is 12.2. The van der Waals surface area contributed by atoms with Crippen molar-refractivity contribution in [1.82, 2.24) is 0 Å². The molecule has 8 heteroatoms. The molecule has 0 aliphatic carbocycles. The van der Waals surface area contributed by atoms with Crippen LogP contribution in [-0.4, -0.2) is 17.2 Å². The van der Waals surface area contributed by atoms with Crippen LogP contribution in [0.15, 0.2) is 51.7 Å². The van der Waals surface area contributed by atoms with E-state index in [-0.39, 0.29) is 23.0 Å². The lowest BCUT2D eigenvalue weighted by Crippen LogP contribution is -2.26. The highest BCUT2D eigenvalue weighted by molar-refractivity contribution is 6.35. The summed E-state index contributed by atoms with van der Waals surface area (Å²) < 4.78 is 15.8. The molecule has 3 aromatic rings. The van der Waals surface area contributed by atoms with E-state index >= 15 is 0 Å². The second-order valence-corrected chi connectivity index (χ2v) is 6.56. The minimum Gasteiger partial charge on any atom is -0.508 e. The number of halogens is 2. The lowest BCUT2D eigenvalue weighted by atomic mass is 10.1. The van der Waals surface area contributed by atoms with Gasteiger partial charge in [-0.3, -0.25) is 0 Å². The first-order chi connectivity index (χ1) is 12.8. The fraction of sp³-hybridized carbons (Fsp3) is 0.158. The van der Waals surface area contributed by atoms with Gasteiger partial charge >= 0.3 is 11.6 Å². The van der Waals surface area contributed by atoms with Crippen molar-refractivity contribution in [2.75, 3.05) is 0 Å². The van der Waals surface area contributed by atoms with Crippen LogP contribution in [-0.2, 0) is 16.1 Å². The van der Waals surface area contributed by atoms with E-state index in [9.17, 15) is 14.7 Å². The number of aromatic hydroxyl groups is 1. The molecule has 0 fully saturated rings. The number of fused-ring (bicyclic) bond motifs is 1. The van der Waals surface area contributed by atoms with Crippen molar-refractivity contribution in [1.29, 1.82) is 0 Å². The standard InChI is InChI=1S/C19H14Cl2O6/c1-10(26-16-5-2-12(20)7-15(16)21)19(24)25-9-11-6-18(23)27-17-8-13(22)3-4-14(11)17/h2-8,10,22H,9H2,1H3/t10-/m1/s1. The van der Waals surface area contributed by atoms with Gasteiger partial charge in [0.1, 0.15) is 23.7 Å². The average Bonchev–Trinajstić information content (AvgIpc) is 2.61. The average molecular weight is 409 g/mol. The Morgan fingerprint density at radius 2 is 1.96 bits per heavy atom. The summed E-state index contributed by atoms with van der Waals surface area (Å²) in [5.41, 5.74) is 0.0357. The van der Waals surface area contributed by atoms with Gasteiger partial charge in [0.15, 0.2) is 6.10 Å². The third kappa shape index (κ3) is 4.53. The minimum absolute atomic E-state index is 0.0401. The number of phenolic OH excluding ortho intramolecular Hbond substituents is 1. The topological polar surface area (TPSA) is 86.0 Å². The highest BCUT2D eigenvalue weighted by atomic mass is 35.5. The quantitative estimate of drug-likeness (QED) is 0.499. The molecule has 27 heavy (non-hydrogen) atoms. The minimum atomic E-state index is -0.931. The summed E-state index contributed by atoms with van der Waals surface area (Å²) >= 11 is 11.8. The fourth-order valence-electron chi connectivity index (χ4n) is 2.41. The number of carbonyl (C=O) groups is 1. The van der Waals surface area contributed by atoms with E-state index in [1.54, 1.807) is 18.2 Å². The SMILES string of the molecule is C[C@@H](Oc1ccc(Cl)cc1Cl)C(=O)OCc1cc(=O)oc2cc(O)ccc12. The first-order valence-corrected chi connectivity index (χ1v) is 8.63. The van der Waals surface area contributed by atoms with Crippen LogP contribution in [0.4, 0.5) is 0 Å². The predicted octanol–water partition coefficient (Wildman–Crippen LogP) is 4.32. The summed E-state index contributed by atoms with van der Waals surface area (Å²) in [5, 5.41) is 10.8. The third-order valence-electron chi connectivity index (χ3n) is 3.71. The number of carbonyl (C=O) groups excluding carboxylic acids is 1. The number of rotatable bonds is 5. The Bertz CT molecular complexity index is 1060. The monoisotopic (exact) mass is 408 g/mol. The summed E-state index contributed by atoms with van der Waals surface area (Å²) in [4.78, 5) is 23.9. The van der Waals surface area contributed by atoms with Gasteiger partial charge in [-0.05, 0) is 37.3 Å². The van der Waals surface area contributed by atoms with E-state index in [0.717, 1.165) is 0 Å². The van der Waals surface area contributed by atoms with E-state index in [4.69, 9.17) is 37.1 Å². The second-order valence-electron chi connectivity index (χ2n) is 5.71. The van der Waals surface area contributed by atoms with Crippen LogP contribution in [0, 0.1) is 0 Å². The van der Waals surface area contributed by atoms with Gasteiger partial charge in [0.25, 0.3) is 0 Å². The molecule has 0 saturated heterocycles. The smallest absolute Gasteiger partial charge is 0.347 e. The van der Waals surface area contributed by atoms with Crippen LogP contribution >= 0.6 is 23.2 Å². The zero-order valence-electron chi connectivity index (χ0n) is 14.1. The fourth-order valence-corrected chi connectivity index (χ4v) is 2.87. The number of ether oxygens (including phenoxy) is 2. The highest BCUT2D eigenvalue weighted by Crippen LogP contribution is 2.28. The number of hydrogen-bond acceptors (Lipinski definition) is 6. The number of benzene rings is 2. The molecule has 2 aromatic carbocycles. The predicted molar refractivity (Wildman–Crippen MR) is 100 cm³/mol. The van der Waals surface area contributed by atoms with Crippen LogP contribution < -0.4 is 10.4 Å². The van der Waals surface area contributed by atoms with Gasteiger partial charge in [0, 0.05) is 28.1 Å². The number of hydrogen-bond donors (Lipinski definition) is 1. The summed E-state index contributed by atoms with van der Waals surface area (Å²) in [7, 11) is 0. The summed E-state index contributed by atoms with van der Waals surface area (Å²) in [5.74, 6) is -0.380. The zero-order chi connectivity index (χ0) is 19.6. The van der Waals surface area contributed by atoms with Crippen LogP contribution in [0.5, 0.6) is 11.5 Å². The van der Waals surface area contributed by atoms with Gasteiger partial charge in [-0.25, -0.2) is 9.59 Å². The van der Waals surface area contributed by atoms with Crippen LogP contribution in [0.2, 0.25) is 10.0 Å². The van der Waals surface area contributed by atoms with E-state index in [0.29, 0.717) is 21.7 Å². The molecule has 0 bridgehead atoms. The molecule has 1 N–H and O–H groups in total. The Morgan fingerprint density at radius 1 is 1.19 bits per heavy atom.